The van der Waals surface area contributed by atoms with E-state index in [9.17, 15) is 4.79 Å². The van der Waals surface area contributed by atoms with Crippen LogP contribution in [0, 0.1) is 20.8 Å². The Bertz CT molecular complexity index is 1220. The van der Waals surface area contributed by atoms with E-state index in [1.54, 1.807) is 15.6 Å². The summed E-state index contributed by atoms with van der Waals surface area (Å²) < 4.78 is 9.52. The van der Waals surface area contributed by atoms with E-state index in [0.717, 1.165) is 33.7 Å². The van der Waals surface area contributed by atoms with Crippen LogP contribution in [0.25, 0.3) is 0 Å². The number of thiophene rings is 1. The summed E-state index contributed by atoms with van der Waals surface area (Å²) in [5.74, 6) is 0.716. The minimum atomic E-state index is -0.153. The molecule has 31 heavy (non-hydrogen) atoms. The first-order valence-electron chi connectivity index (χ1n) is 9.98. The number of ether oxygens (including phenoxy) is 1. The summed E-state index contributed by atoms with van der Waals surface area (Å²) >= 11 is 1.40. The van der Waals surface area contributed by atoms with Crippen LogP contribution >= 0.6 is 11.3 Å². The molecule has 8 heteroatoms. The average molecular weight is 436 g/mol. The number of hydrogen-bond acceptors (Lipinski definition) is 5. The first-order valence-corrected chi connectivity index (χ1v) is 10.9. The zero-order valence-electron chi connectivity index (χ0n) is 18.0. The van der Waals surface area contributed by atoms with Gasteiger partial charge in [0, 0.05) is 30.6 Å². The Morgan fingerprint density at radius 3 is 2.81 bits per heavy atom. The molecule has 1 N–H and O–H groups in total. The SMILES string of the molecule is Cc1ccc(C)c(OCc2csc(C(=O)Nc3cnn(Cc4cn(C)nc4C)c3)c2)c1. The fraction of sp³-hybridized carbons (Fsp3) is 0.261. The van der Waals surface area contributed by atoms with E-state index >= 15 is 0 Å². The standard InChI is InChI=1S/C23H25N5O2S/c1-15-5-6-16(2)21(7-15)30-13-18-8-22(31-14-18)23(29)25-20-9-24-28(12-20)11-19-10-27(4)26-17(19)3/h5-10,12,14H,11,13H2,1-4H3,(H,25,29). The van der Waals surface area contributed by atoms with Gasteiger partial charge in [-0.1, -0.05) is 12.1 Å². The molecule has 0 fully saturated rings. The Hall–Kier alpha value is -3.39. The fourth-order valence-electron chi connectivity index (χ4n) is 3.28. The summed E-state index contributed by atoms with van der Waals surface area (Å²) in [7, 11) is 1.90. The quantitative estimate of drug-likeness (QED) is 0.464. The van der Waals surface area contributed by atoms with Crippen molar-refractivity contribution in [1.29, 1.82) is 0 Å². The third-order valence-electron chi connectivity index (χ3n) is 4.95. The molecule has 0 saturated heterocycles. The number of carbonyl (C=O) groups excluding carboxylic acids is 1. The Morgan fingerprint density at radius 1 is 1.19 bits per heavy atom. The van der Waals surface area contributed by atoms with Gasteiger partial charge >= 0.3 is 0 Å². The monoisotopic (exact) mass is 435 g/mol. The van der Waals surface area contributed by atoms with Crippen molar-refractivity contribution in [2.45, 2.75) is 33.9 Å². The first kappa shape index (κ1) is 20.9. The summed E-state index contributed by atoms with van der Waals surface area (Å²) in [5, 5.41) is 13.6. The normalized spacial score (nSPS) is 11.0. The Kier molecular flexibility index (Phi) is 5.90. The molecule has 0 spiro atoms. The molecule has 0 aliphatic carbocycles. The van der Waals surface area contributed by atoms with Gasteiger partial charge in [0.15, 0.2) is 0 Å². The van der Waals surface area contributed by atoms with Gasteiger partial charge in [0.2, 0.25) is 0 Å². The van der Waals surface area contributed by atoms with Crippen molar-refractivity contribution < 1.29 is 9.53 Å². The highest BCUT2D eigenvalue weighted by Crippen LogP contribution is 2.23. The lowest BCUT2D eigenvalue weighted by molar-refractivity contribution is 0.103. The molecule has 0 aliphatic heterocycles. The third kappa shape index (κ3) is 5.03. The van der Waals surface area contributed by atoms with Crippen molar-refractivity contribution in [3.05, 3.63) is 81.1 Å². The summed E-state index contributed by atoms with van der Waals surface area (Å²) in [4.78, 5) is 13.3. The van der Waals surface area contributed by atoms with Gasteiger partial charge < -0.3 is 10.1 Å². The smallest absolute Gasteiger partial charge is 0.265 e. The van der Waals surface area contributed by atoms with E-state index in [2.05, 4.69) is 21.6 Å². The minimum absolute atomic E-state index is 0.153. The number of amides is 1. The lowest BCUT2D eigenvalue weighted by Gasteiger charge is -2.08. The summed E-state index contributed by atoms with van der Waals surface area (Å²) in [6.45, 7) is 7.07. The molecule has 0 aliphatic rings. The molecular formula is C23H25N5O2S. The van der Waals surface area contributed by atoms with Gasteiger partial charge in [-0.15, -0.1) is 11.3 Å². The number of anilines is 1. The molecular weight excluding hydrogens is 410 g/mol. The van der Waals surface area contributed by atoms with E-state index in [0.29, 0.717) is 23.7 Å². The summed E-state index contributed by atoms with van der Waals surface area (Å²) in [5.41, 5.74) is 5.95. The predicted molar refractivity (Wildman–Crippen MR) is 122 cm³/mol. The zero-order valence-corrected chi connectivity index (χ0v) is 18.9. The van der Waals surface area contributed by atoms with Crippen LogP contribution in [-0.4, -0.2) is 25.5 Å². The van der Waals surface area contributed by atoms with Crippen LogP contribution in [0.4, 0.5) is 5.69 Å². The van der Waals surface area contributed by atoms with Crippen LogP contribution in [0.1, 0.15) is 37.6 Å². The van der Waals surface area contributed by atoms with Crippen molar-refractivity contribution >= 4 is 22.9 Å². The second-order valence-electron chi connectivity index (χ2n) is 7.67. The van der Waals surface area contributed by atoms with Crippen molar-refractivity contribution in [2.24, 2.45) is 7.05 Å². The van der Waals surface area contributed by atoms with Crippen molar-refractivity contribution in [1.82, 2.24) is 19.6 Å². The maximum atomic E-state index is 12.6. The molecule has 1 amide bonds. The Balaban J connectivity index is 1.35. The van der Waals surface area contributed by atoms with Crippen molar-refractivity contribution in [2.75, 3.05) is 5.32 Å². The number of carbonyl (C=O) groups is 1. The molecule has 0 saturated carbocycles. The Labute approximate surface area is 185 Å². The lowest BCUT2D eigenvalue weighted by Crippen LogP contribution is -2.09. The lowest BCUT2D eigenvalue weighted by atomic mass is 10.1. The highest BCUT2D eigenvalue weighted by atomic mass is 32.1. The van der Waals surface area contributed by atoms with Gasteiger partial charge in [-0.2, -0.15) is 10.2 Å². The third-order valence-corrected chi connectivity index (χ3v) is 5.93. The molecule has 160 valence electrons. The minimum Gasteiger partial charge on any atom is -0.489 e. The van der Waals surface area contributed by atoms with Crippen LogP contribution < -0.4 is 10.1 Å². The largest absolute Gasteiger partial charge is 0.489 e. The van der Waals surface area contributed by atoms with Crippen molar-refractivity contribution in [3.63, 3.8) is 0 Å². The van der Waals surface area contributed by atoms with Crippen LogP contribution in [0.2, 0.25) is 0 Å². The van der Waals surface area contributed by atoms with E-state index in [4.69, 9.17) is 4.74 Å². The van der Waals surface area contributed by atoms with E-state index < -0.39 is 0 Å². The van der Waals surface area contributed by atoms with Gasteiger partial charge in [-0.3, -0.25) is 14.2 Å². The molecule has 0 bridgehead atoms. The molecule has 0 radical (unpaired) electrons. The fourth-order valence-corrected chi connectivity index (χ4v) is 4.07. The van der Waals surface area contributed by atoms with E-state index in [1.807, 2.05) is 63.8 Å². The van der Waals surface area contributed by atoms with Gasteiger partial charge in [-0.05, 0) is 49.4 Å². The van der Waals surface area contributed by atoms with Crippen LogP contribution in [0.15, 0.2) is 48.2 Å². The average Bonchev–Trinajstić information content (AvgIpc) is 3.44. The Morgan fingerprint density at radius 2 is 2.03 bits per heavy atom. The summed E-state index contributed by atoms with van der Waals surface area (Å²) in [6.07, 6.45) is 5.45. The molecule has 7 nitrogen and oxygen atoms in total. The molecule has 4 aromatic rings. The second kappa shape index (κ2) is 8.77. The topological polar surface area (TPSA) is 74.0 Å². The number of aromatic nitrogens is 4. The number of nitrogens with one attached hydrogen (secondary N) is 1. The maximum absolute atomic E-state index is 12.6. The maximum Gasteiger partial charge on any atom is 0.265 e. The molecule has 3 heterocycles. The van der Waals surface area contributed by atoms with Gasteiger partial charge in [0.05, 0.1) is 29.0 Å². The van der Waals surface area contributed by atoms with Crippen LogP contribution in [0.3, 0.4) is 0 Å². The summed E-state index contributed by atoms with van der Waals surface area (Å²) in [6, 6.07) is 8.01. The number of hydrogen-bond donors (Lipinski definition) is 1. The van der Waals surface area contributed by atoms with Crippen molar-refractivity contribution in [3.8, 4) is 5.75 Å². The number of aryl methyl sites for hydroxylation is 4. The first-order chi connectivity index (χ1) is 14.9. The number of rotatable bonds is 7. The van der Waals surface area contributed by atoms with Gasteiger partial charge in [0.25, 0.3) is 5.91 Å². The van der Waals surface area contributed by atoms with Crippen LogP contribution in [0.5, 0.6) is 5.75 Å². The number of benzene rings is 1. The molecule has 0 unspecified atom stereocenters. The zero-order chi connectivity index (χ0) is 22.0. The van der Waals surface area contributed by atoms with Gasteiger partial charge in [-0.25, -0.2) is 0 Å². The highest BCUT2D eigenvalue weighted by molar-refractivity contribution is 7.12. The van der Waals surface area contributed by atoms with Gasteiger partial charge in [0.1, 0.15) is 12.4 Å². The number of nitrogens with zero attached hydrogens (tertiary/aromatic N) is 4. The van der Waals surface area contributed by atoms with E-state index in [1.165, 1.54) is 11.3 Å². The molecule has 4 rings (SSSR count). The predicted octanol–water partition coefficient (Wildman–Crippen LogP) is 4.48. The van der Waals surface area contributed by atoms with E-state index in [-0.39, 0.29) is 5.91 Å². The molecule has 0 atom stereocenters. The second-order valence-corrected chi connectivity index (χ2v) is 8.58. The molecule has 3 aromatic heterocycles. The van der Waals surface area contributed by atoms with Crippen LogP contribution in [-0.2, 0) is 20.2 Å². The highest BCUT2D eigenvalue weighted by Gasteiger charge is 2.12. The molecule has 1 aromatic carbocycles.